The zero-order valence-electron chi connectivity index (χ0n) is 20.0. The van der Waals surface area contributed by atoms with Crippen molar-refractivity contribution in [3.05, 3.63) is 109 Å². The fourth-order valence-electron chi connectivity index (χ4n) is 4.65. The highest BCUT2D eigenvalue weighted by Crippen LogP contribution is 2.33. The topological polar surface area (TPSA) is 74.3 Å². The SMILES string of the molecule is C=C(C)c1c(C)c2ccccc2n1-c1ccc(-n2c(-c3ccccn3)nnc2-c2ccccn2)nc1. The minimum atomic E-state index is 0.599. The molecule has 6 aromatic rings. The lowest BCUT2D eigenvalue weighted by Crippen LogP contribution is -2.06. The molecular formula is C29H23N7. The normalized spacial score (nSPS) is 11.2. The molecule has 0 N–H and O–H groups in total. The Labute approximate surface area is 208 Å². The van der Waals surface area contributed by atoms with E-state index in [9.17, 15) is 0 Å². The molecule has 5 aromatic heterocycles. The minimum Gasteiger partial charge on any atom is -0.308 e. The Morgan fingerprint density at radius 3 is 1.92 bits per heavy atom. The van der Waals surface area contributed by atoms with Crippen LogP contribution in [0.15, 0.2) is 98.0 Å². The zero-order valence-corrected chi connectivity index (χ0v) is 20.0. The van der Waals surface area contributed by atoms with Gasteiger partial charge in [-0.25, -0.2) is 4.98 Å². The van der Waals surface area contributed by atoms with Crippen molar-refractivity contribution in [1.29, 1.82) is 0 Å². The van der Waals surface area contributed by atoms with Crippen molar-refractivity contribution in [2.45, 2.75) is 13.8 Å². The minimum absolute atomic E-state index is 0.599. The predicted molar refractivity (Wildman–Crippen MR) is 142 cm³/mol. The highest BCUT2D eigenvalue weighted by atomic mass is 15.3. The van der Waals surface area contributed by atoms with E-state index in [1.54, 1.807) is 12.4 Å². The monoisotopic (exact) mass is 469 g/mol. The molecule has 1 aromatic carbocycles. The first-order chi connectivity index (χ1) is 17.6. The first kappa shape index (κ1) is 21.6. The Balaban J connectivity index is 1.53. The summed E-state index contributed by atoms with van der Waals surface area (Å²) in [6, 6.07) is 23.8. The highest BCUT2D eigenvalue weighted by Gasteiger charge is 2.20. The van der Waals surface area contributed by atoms with Crippen LogP contribution < -0.4 is 0 Å². The Hall–Kier alpha value is -4.91. The molecule has 5 heterocycles. The number of nitrogens with zero attached hydrogens (tertiary/aromatic N) is 7. The van der Waals surface area contributed by atoms with Crippen molar-refractivity contribution >= 4 is 16.5 Å². The van der Waals surface area contributed by atoms with Crippen molar-refractivity contribution in [2.24, 2.45) is 0 Å². The second kappa shape index (κ2) is 8.70. The Morgan fingerprint density at radius 2 is 1.36 bits per heavy atom. The third-order valence-corrected chi connectivity index (χ3v) is 6.20. The van der Waals surface area contributed by atoms with Crippen molar-refractivity contribution in [3.63, 3.8) is 0 Å². The number of hydrogen-bond acceptors (Lipinski definition) is 5. The van der Waals surface area contributed by atoms with Gasteiger partial charge in [-0.3, -0.25) is 14.5 Å². The van der Waals surface area contributed by atoms with Crippen LogP contribution in [0.4, 0.5) is 0 Å². The van der Waals surface area contributed by atoms with Crippen LogP contribution in [0.25, 0.3) is 51.0 Å². The lowest BCUT2D eigenvalue weighted by molar-refractivity contribution is 0.975. The number of benzene rings is 1. The zero-order chi connectivity index (χ0) is 24.6. The van der Waals surface area contributed by atoms with Crippen LogP contribution in [0.1, 0.15) is 18.2 Å². The molecule has 0 aliphatic carbocycles. The van der Waals surface area contributed by atoms with Gasteiger partial charge in [0.15, 0.2) is 11.6 Å². The second-order valence-electron chi connectivity index (χ2n) is 8.59. The maximum atomic E-state index is 4.86. The molecular weight excluding hydrogens is 446 g/mol. The van der Waals surface area contributed by atoms with Crippen LogP contribution >= 0.6 is 0 Å². The Kier molecular flexibility index (Phi) is 5.22. The molecule has 0 bridgehead atoms. The molecule has 6 rings (SSSR count). The van der Waals surface area contributed by atoms with Gasteiger partial charge in [-0.1, -0.05) is 36.9 Å². The number of allylic oxidation sites excluding steroid dienone is 1. The van der Waals surface area contributed by atoms with Gasteiger partial charge in [-0.15, -0.1) is 10.2 Å². The lowest BCUT2D eigenvalue weighted by Gasteiger charge is -2.13. The molecule has 0 atom stereocenters. The van der Waals surface area contributed by atoms with Crippen LogP contribution in [0.5, 0.6) is 0 Å². The molecule has 36 heavy (non-hydrogen) atoms. The van der Waals surface area contributed by atoms with E-state index in [4.69, 9.17) is 4.98 Å². The van der Waals surface area contributed by atoms with E-state index in [1.165, 1.54) is 10.9 Å². The van der Waals surface area contributed by atoms with E-state index >= 15 is 0 Å². The third kappa shape index (κ3) is 3.49. The molecule has 0 amide bonds. The number of rotatable bonds is 5. The molecule has 0 aliphatic rings. The third-order valence-electron chi connectivity index (χ3n) is 6.20. The molecule has 0 aliphatic heterocycles. The molecule has 7 heteroatoms. The summed E-state index contributed by atoms with van der Waals surface area (Å²) in [4.78, 5) is 13.8. The summed E-state index contributed by atoms with van der Waals surface area (Å²) in [5, 5.41) is 10.1. The summed E-state index contributed by atoms with van der Waals surface area (Å²) < 4.78 is 4.11. The van der Waals surface area contributed by atoms with Gasteiger partial charge in [0.1, 0.15) is 17.2 Å². The largest absolute Gasteiger partial charge is 0.308 e. The van der Waals surface area contributed by atoms with Crippen LogP contribution in [-0.4, -0.2) is 34.3 Å². The van der Waals surface area contributed by atoms with Crippen LogP contribution in [0.3, 0.4) is 0 Å². The molecule has 0 spiro atoms. The average molecular weight is 470 g/mol. The summed E-state index contributed by atoms with van der Waals surface area (Å²) in [5.74, 6) is 1.87. The van der Waals surface area contributed by atoms with Gasteiger partial charge >= 0.3 is 0 Å². The van der Waals surface area contributed by atoms with Crippen molar-refractivity contribution < 1.29 is 0 Å². The Morgan fingerprint density at radius 1 is 0.722 bits per heavy atom. The fourth-order valence-corrected chi connectivity index (χ4v) is 4.65. The van der Waals surface area contributed by atoms with Gasteiger partial charge in [0.2, 0.25) is 0 Å². The van der Waals surface area contributed by atoms with E-state index in [-0.39, 0.29) is 0 Å². The number of aromatic nitrogens is 7. The van der Waals surface area contributed by atoms with Gasteiger partial charge in [0, 0.05) is 17.8 Å². The molecule has 0 saturated heterocycles. The van der Waals surface area contributed by atoms with E-state index in [1.807, 2.05) is 60.2 Å². The number of hydrogen-bond donors (Lipinski definition) is 0. The number of para-hydroxylation sites is 1. The van der Waals surface area contributed by atoms with Gasteiger partial charge in [-0.05, 0) is 67.4 Å². The first-order valence-corrected chi connectivity index (χ1v) is 11.6. The summed E-state index contributed by atoms with van der Waals surface area (Å²) in [5.41, 5.74) is 6.78. The van der Waals surface area contributed by atoms with E-state index < -0.39 is 0 Å². The van der Waals surface area contributed by atoms with E-state index in [0.29, 0.717) is 28.9 Å². The van der Waals surface area contributed by atoms with Gasteiger partial charge in [0.05, 0.1) is 23.1 Å². The molecule has 7 nitrogen and oxygen atoms in total. The van der Waals surface area contributed by atoms with Gasteiger partial charge in [-0.2, -0.15) is 0 Å². The highest BCUT2D eigenvalue weighted by molar-refractivity contribution is 5.91. The summed E-state index contributed by atoms with van der Waals surface area (Å²) >= 11 is 0. The smallest absolute Gasteiger partial charge is 0.188 e. The maximum Gasteiger partial charge on any atom is 0.188 e. The molecule has 0 fully saturated rings. The van der Waals surface area contributed by atoms with Crippen molar-refractivity contribution in [2.75, 3.05) is 0 Å². The molecule has 0 saturated carbocycles. The van der Waals surface area contributed by atoms with Crippen LogP contribution in [0, 0.1) is 6.92 Å². The lowest BCUT2D eigenvalue weighted by atomic mass is 10.1. The van der Waals surface area contributed by atoms with Crippen molar-refractivity contribution in [3.8, 4) is 34.5 Å². The fraction of sp³-hybridized carbons (Fsp3) is 0.0690. The number of pyridine rings is 3. The van der Waals surface area contributed by atoms with Crippen LogP contribution in [0.2, 0.25) is 0 Å². The Bertz CT molecular complexity index is 1640. The molecule has 0 radical (unpaired) electrons. The predicted octanol–water partition coefficient (Wildman–Crippen LogP) is 6.07. The summed E-state index contributed by atoms with van der Waals surface area (Å²) in [6.45, 7) is 8.42. The first-order valence-electron chi connectivity index (χ1n) is 11.6. The molecule has 174 valence electrons. The average Bonchev–Trinajstić information content (AvgIpc) is 3.50. The quantitative estimate of drug-likeness (QED) is 0.306. The van der Waals surface area contributed by atoms with E-state index in [0.717, 1.165) is 22.5 Å². The summed E-state index contributed by atoms with van der Waals surface area (Å²) in [7, 11) is 0. The van der Waals surface area contributed by atoms with Crippen molar-refractivity contribution in [1.82, 2.24) is 34.3 Å². The standard InChI is InChI=1S/C29H23N7/c1-19(2)27-20(3)22-10-4-5-13-25(22)35(27)21-14-15-26(32-18-21)36-28(23-11-6-8-16-30-23)33-34-29(36)24-12-7-9-17-31-24/h4-18H,1H2,2-3H3. The van der Waals surface area contributed by atoms with Gasteiger partial charge in [0.25, 0.3) is 0 Å². The maximum absolute atomic E-state index is 4.86. The molecule has 0 unspecified atom stereocenters. The summed E-state index contributed by atoms with van der Waals surface area (Å²) in [6.07, 6.45) is 5.35. The van der Waals surface area contributed by atoms with E-state index in [2.05, 4.69) is 68.6 Å². The van der Waals surface area contributed by atoms with Crippen LogP contribution in [-0.2, 0) is 0 Å². The van der Waals surface area contributed by atoms with Gasteiger partial charge < -0.3 is 4.57 Å². The number of aryl methyl sites for hydroxylation is 1. The second-order valence-corrected chi connectivity index (χ2v) is 8.59. The number of fused-ring (bicyclic) bond motifs is 1.